The third kappa shape index (κ3) is 1.59. The maximum atomic E-state index is 9.84. The number of para-hydroxylation sites is 1. The number of benzene rings is 1. The van der Waals surface area contributed by atoms with Gasteiger partial charge in [0, 0.05) is 28.7 Å². The fourth-order valence-corrected chi connectivity index (χ4v) is 1.80. The molecule has 0 saturated heterocycles. The second-order valence-corrected chi connectivity index (χ2v) is 3.67. The molecule has 0 aliphatic carbocycles. The Kier molecular flexibility index (Phi) is 2.19. The number of rotatable bonds is 1. The number of aromatic nitrogens is 3. The highest BCUT2D eigenvalue weighted by Gasteiger charge is 2.09. The third-order valence-electron chi connectivity index (χ3n) is 2.62. The number of hydrogen-bond acceptors (Lipinski definition) is 4. The molecule has 1 aromatic carbocycles. The Morgan fingerprint density at radius 3 is 2.76 bits per heavy atom. The molecule has 0 unspecified atom stereocenters. The molecule has 0 radical (unpaired) electrons. The minimum Gasteiger partial charge on any atom is -0.507 e. The van der Waals surface area contributed by atoms with Crippen LogP contribution >= 0.6 is 0 Å². The molecule has 0 spiro atoms. The van der Waals surface area contributed by atoms with Crippen LogP contribution in [0, 0.1) is 0 Å². The third-order valence-corrected chi connectivity index (χ3v) is 2.62. The molecular formula is C13H9N3O. The highest BCUT2D eigenvalue weighted by Crippen LogP contribution is 2.31. The molecule has 2 heterocycles. The zero-order chi connectivity index (χ0) is 11.7. The molecule has 0 fully saturated rings. The molecule has 82 valence electrons. The van der Waals surface area contributed by atoms with Crippen LogP contribution in [0.3, 0.4) is 0 Å². The van der Waals surface area contributed by atoms with Crippen molar-refractivity contribution < 1.29 is 5.11 Å². The van der Waals surface area contributed by atoms with Gasteiger partial charge in [0.05, 0.1) is 6.20 Å². The lowest BCUT2D eigenvalue weighted by molar-refractivity contribution is 0.477. The maximum Gasteiger partial charge on any atom is 0.125 e. The Morgan fingerprint density at radius 2 is 1.88 bits per heavy atom. The van der Waals surface area contributed by atoms with Gasteiger partial charge >= 0.3 is 0 Å². The van der Waals surface area contributed by atoms with Gasteiger partial charge in [0.25, 0.3) is 0 Å². The summed E-state index contributed by atoms with van der Waals surface area (Å²) in [6.45, 7) is 0. The van der Waals surface area contributed by atoms with E-state index < -0.39 is 0 Å². The summed E-state index contributed by atoms with van der Waals surface area (Å²) in [5, 5.41) is 19.7. The van der Waals surface area contributed by atoms with Crippen molar-refractivity contribution in [3.63, 3.8) is 0 Å². The van der Waals surface area contributed by atoms with Crippen LogP contribution in [0.25, 0.3) is 22.0 Å². The van der Waals surface area contributed by atoms with E-state index in [0.717, 1.165) is 10.8 Å². The van der Waals surface area contributed by atoms with E-state index in [1.807, 2.05) is 18.2 Å². The fraction of sp³-hybridized carbons (Fsp3) is 0. The summed E-state index contributed by atoms with van der Waals surface area (Å²) in [7, 11) is 0. The molecule has 4 heteroatoms. The van der Waals surface area contributed by atoms with Crippen molar-refractivity contribution in [1.82, 2.24) is 15.2 Å². The van der Waals surface area contributed by atoms with Crippen LogP contribution in [0.1, 0.15) is 0 Å². The first-order valence-corrected chi connectivity index (χ1v) is 5.20. The minimum absolute atomic E-state index is 0.200. The number of aromatic hydroxyl groups is 1. The molecule has 0 aliphatic heterocycles. The zero-order valence-corrected chi connectivity index (χ0v) is 8.91. The first kappa shape index (κ1) is 9.72. The Hall–Kier alpha value is -2.49. The maximum absolute atomic E-state index is 9.84. The average Bonchev–Trinajstić information content (AvgIpc) is 2.39. The predicted octanol–water partition coefficient (Wildman–Crippen LogP) is 2.40. The minimum atomic E-state index is 0.200. The summed E-state index contributed by atoms with van der Waals surface area (Å²) in [5.74, 6) is 0.200. The van der Waals surface area contributed by atoms with Gasteiger partial charge in [-0.2, -0.15) is 5.10 Å². The predicted molar refractivity (Wildman–Crippen MR) is 64.4 cm³/mol. The molecule has 1 N–H and O–H groups in total. The van der Waals surface area contributed by atoms with Crippen molar-refractivity contribution in [1.29, 1.82) is 0 Å². The molecule has 2 aromatic heterocycles. The van der Waals surface area contributed by atoms with E-state index in [1.54, 1.807) is 30.7 Å². The number of pyridine rings is 1. The molecule has 3 rings (SSSR count). The molecule has 0 aliphatic rings. The number of hydrogen-bond donors (Lipinski definition) is 1. The van der Waals surface area contributed by atoms with Gasteiger partial charge in [0.2, 0.25) is 0 Å². The number of phenolic OH excluding ortho intramolecular Hbond substituents is 1. The van der Waals surface area contributed by atoms with Gasteiger partial charge in [-0.25, -0.2) is 0 Å². The topological polar surface area (TPSA) is 58.9 Å². The summed E-state index contributed by atoms with van der Waals surface area (Å²) in [5.41, 5.74) is 1.35. The molecular weight excluding hydrogens is 214 g/mol. The Bertz CT molecular complexity index is 677. The lowest BCUT2D eigenvalue weighted by Crippen LogP contribution is -1.90. The second-order valence-electron chi connectivity index (χ2n) is 3.67. The lowest BCUT2D eigenvalue weighted by atomic mass is 10.1. The highest BCUT2D eigenvalue weighted by molar-refractivity contribution is 5.94. The molecule has 0 saturated carbocycles. The van der Waals surface area contributed by atoms with Crippen LogP contribution < -0.4 is 0 Å². The Balaban J connectivity index is 2.35. The summed E-state index contributed by atoms with van der Waals surface area (Å²) in [6, 6.07) is 8.96. The normalized spacial score (nSPS) is 10.6. The molecule has 0 amide bonds. The molecule has 3 aromatic rings. The van der Waals surface area contributed by atoms with Gasteiger partial charge in [-0.15, -0.1) is 5.10 Å². The van der Waals surface area contributed by atoms with E-state index >= 15 is 0 Å². The van der Waals surface area contributed by atoms with Crippen molar-refractivity contribution in [3.05, 3.63) is 48.9 Å². The average molecular weight is 223 g/mol. The number of fused-ring (bicyclic) bond motifs is 1. The van der Waals surface area contributed by atoms with Crippen LogP contribution in [0.15, 0.2) is 48.9 Å². The molecule has 0 atom stereocenters. The van der Waals surface area contributed by atoms with E-state index in [9.17, 15) is 5.11 Å². The summed E-state index contributed by atoms with van der Waals surface area (Å²) >= 11 is 0. The zero-order valence-electron chi connectivity index (χ0n) is 8.91. The summed E-state index contributed by atoms with van der Waals surface area (Å²) < 4.78 is 0. The van der Waals surface area contributed by atoms with E-state index in [1.165, 1.54) is 0 Å². The Morgan fingerprint density at radius 1 is 1.00 bits per heavy atom. The highest BCUT2D eigenvalue weighted by atomic mass is 16.3. The van der Waals surface area contributed by atoms with Crippen LogP contribution in [0.5, 0.6) is 5.75 Å². The van der Waals surface area contributed by atoms with Crippen molar-refractivity contribution in [2.75, 3.05) is 0 Å². The second kappa shape index (κ2) is 3.83. The van der Waals surface area contributed by atoms with Crippen molar-refractivity contribution in [2.24, 2.45) is 0 Å². The van der Waals surface area contributed by atoms with Gasteiger partial charge < -0.3 is 5.11 Å². The summed E-state index contributed by atoms with van der Waals surface area (Å²) in [4.78, 5) is 4.04. The first-order chi connectivity index (χ1) is 8.36. The van der Waals surface area contributed by atoms with Gasteiger partial charge in [0.1, 0.15) is 11.4 Å². The first-order valence-electron chi connectivity index (χ1n) is 5.20. The van der Waals surface area contributed by atoms with Gasteiger partial charge in [-0.3, -0.25) is 4.98 Å². The van der Waals surface area contributed by atoms with Crippen molar-refractivity contribution in [2.45, 2.75) is 0 Å². The SMILES string of the molecule is Oc1ccccc1-c1nncc2cnccc12. The van der Waals surface area contributed by atoms with Crippen molar-refractivity contribution in [3.8, 4) is 17.0 Å². The van der Waals surface area contributed by atoms with Crippen LogP contribution in [0.2, 0.25) is 0 Å². The smallest absolute Gasteiger partial charge is 0.125 e. The van der Waals surface area contributed by atoms with Crippen molar-refractivity contribution >= 4 is 10.8 Å². The van der Waals surface area contributed by atoms with E-state index in [0.29, 0.717) is 11.3 Å². The molecule has 4 nitrogen and oxygen atoms in total. The van der Waals surface area contributed by atoms with Gasteiger partial charge in [-0.05, 0) is 18.2 Å². The van der Waals surface area contributed by atoms with Crippen LogP contribution in [-0.2, 0) is 0 Å². The molecule has 17 heavy (non-hydrogen) atoms. The number of phenols is 1. The fourth-order valence-electron chi connectivity index (χ4n) is 1.80. The molecule has 0 bridgehead atoms. The largest absolute Gasteiger partial charge is 0.507 e. The van der Waals surface area contributed by atoms with E-state index in [2.05, 4.69) is 15.2 Å². The quantitative estimate of drug-likeness (QED) is 0.688. The lowest BCUT2D eigenvalue weighted by Gasteiger charge is -2.05. The van der Waals surface area contributed by atoms with Gasteiger partial charge in [0.15, 0.2) is 0 Å². The van der Waals surface area contributed by atoms with Crippen LogP contribution in [0.4, 0.5) is 0 Å². The van der Waals surface area contributed by atoms with E-state index in [4.69, 9.17) is 0 Å². The summed E-state index contributed by atoms with van der Waals surface area (Å²) in [6.07, 6.45) is 5.09. The Labute approximate surface area is 97.6 Å². The van der Waals surface area contributed by atoms with E-state index in [-0.39, 0.29) is 5.75 Å². The standard InChI is InChI=1S/C13H9N3O/c17-12-4-2-1-3-11(12)13-10-5-6-14-7-9(10)8-15-16-13/h1-8,17H. The van der Waals surface area contributed by atoms with Gasteiger partial charge in [-0.1, -0.05) is 12.1 Å². The number of nitrogens with zero attached hydrogens (tertiary/aromatic N) is 3. The van der Waals surface area contributed by atoms with Crippen LogP contribution in [-0.4, -0.2) is 20.3 Å². The monoisotopic (exact) mass is 223 g/mol.